The summed E-state index contributed by atoms with van der Waals surface area (Å²) in [6, 6.07) is 0. The van der Waals surface area contributed by atoms with E-state index in [1.54, 1.807) is 0 Å². The Morgan fingerprint density at radius 2 is 2.29 bits per heavy atom. The minimum absolute atomic E-state index is 0.888. The third-order valence-electron chi connectivity index (χ3n) is 1.16. The van der Waals surface area contributed by atoms with Crippen molar-refractivity contribution in [3.63, 3.8) is 0 Å². The van der Waals surface area contributed by atoms with Crippen molar-refractivity contribution in [2.75, 3.05) is 6.61 Å². The Kier molecular flexibility index (Phi) is 1.35. The van der Waals surface area contributed by atoms with Crippen molar-refractivity contribution in [2.45, 2.75) is 19.3 Å². The SMILES string of the molecule is C=C1CCCCO1. The minimum atomic E-state index is 0.888. The summed E-state index contributed by atoms with van der Waals surface area (Å²) in [5.41, 5.74) is 0. The Morgan fingerprint density at radius 3 is 2.57 bits per heavy atom. The molecule has 1 aliphatic heterocycles. The summed E-state index contributed by atoms with van der Waals surface area (Å²) in [4.78, 5) is 0. The highest BCUT2D eigenvalue weighted by atomic mass is 16.5. The van der Waals surface area contributed by atoms with Crippen molar-refractivity contribution in [1.82, 2.24) is 0 Å². The van der Waals surface area contributed by atoms with Crippen molar-refractivity contribution in [3.05, 3.63) is 12.3 Å². The quantitative estimate of drug-likeness (QED) is 0.448. The van der Waals surface area contributed by atoms with Gasteiger partial charge in [0.25, 0.3) is 0 Å². The molecule has 0 saturated carbocycles. The molecule has 1 nitrogen and oxygen atoms in total. The molecule has 0 aromatic rings. The van der Waals surface area contributed by atoms with Gasteiger partial charge < -0.3 is 4.74 Å². The molecule has 0 radical (unpaired) electrons. The maximum Gasteiger partial charge on any atom is 0.0888 e. The topological polar surface area (TPSA) is 9.23 Å². The molecule has 1 fully saturated rings. The third-order valence-corrected chi connectivity index (χ3v) is 1.16. The highest BCUT2D eigenvalue weighted by molar-refractivity contribution is 4.84. The van der Waals surface area contributed by atoms with Crippen LogP contribution in [0.15, 0.2) is 12.3 Å². The number of allylic oxidation sites excluding steroid dienone is 1. The number of rotatable bonds is 0. The number of hydrogen-bond acceptors (Lipinski definition) is 1. The first-order valence-electron chi connectivity index (χ1n) is 2.70. The highest BCUT2D eigenvalue weighted by Crippen LogP contribution is 2.12. The molecule has 0 spiro atoms. The van der Waals surface area contributed by atoms with Crippen molar-refractivity contribution in [1.29, 1.82) is 0 Å². The average Bonchev–Trinajstić information content (AvgIpc) is 1.69. The van der Waals surface area contributed by atoms with Crippen LogP contribution in [-0.2, 0) is 4.74 Å². The summed E-state index contributed by atoms with van der Waals surface area (Å²) >= 11 is 0. The summed E-state index contributed by atoms with van der Waals surface area (Å²) in [6.07, 6.45) is 3.54. The molecule has 1 heterocycles. The molecule has 0 aromatic carbocycles. The molecule has 1 aliphatic rings. The predicted molar refractivity (Wildman–Crippen MR) is 28.9 cm³/mol. The third kappa shape index (κ3) is 1.22. The molecule has 1 heteroatoms. The van der Waals surface area contributed by atoms with Crippen molar-refractivity contribution in [2.24, 2.45) is 0 Å². The number of hydrogen-bond donors (Lipinski definition) is 0. The van der Waals surface area contributed by atoms with Crippen LogP contribution in [0.4, 0.5) is 0 Å². The second-order valence-electron chi connectivity index (χ2n) is 1.84. The van der Waals surface area contributed by atoms with E-state index in [-0.39, 0.29) is 0 Å². The van der Waals surface area contributed by atoms with E-state index in [0.717, 1.165) is 18.8 Å². The van der Waals surface area contributed by atoms with Crippen LogP contribution in [0.3, 0.4) is 0 Å². The van der Waals surface area contributed by atoms with Gasteiger partial charge in [0.15, 0.2) is 0 Å². The molecule has 0 aromatic heterocycles. The van der Waals surface area contributed by atoms with Crippen LogP contribution >= 0.6 is 0 Å². The average molecular weight is 98.1 g/mol. The second kappa shape index (κ2) is 2.01. The zero-order valence-electron chi connectivity index (χ0n) is 4.44. The largest absolute Gasteiger partial charge is 0.499 e. The van der Waals surface area contributed by atoms with Gasteiger partial charge in [-0.2, -0.15) is 0 Å². The van der Waals surface area contributed by atoms with E-state index < -0.39 is 0 Å². The molecule has 0 aliphatic carbocycles. The van der Waals surface area contributed by atoms with Gasteiger partial charge in [-0.1, -0.05) is 6.58 Å². The Bertz CT molecular complexity index is 68.2. The maximum absolute atomic E-state index is 5.08. The van der Waals surface area contributed by atoms with Crippen molar-refractivity contribution < 1.29 is 4.74 Å². The second-order valence-corrected chi connectivity index (χ2v) is 1.84. The lowest BCUT2D eigenvalue weighted by atomic mass is 10.2. The number of ether oxygens (including phenoxy) is 1. The van der Waals surface area contributed by atoms with Gasteiger partial charge in [-0.05, 0) is 12.8 Å². The molecular formula is C6H10O. The van der Waals surface area contributed by atoms with Gasteiger partial charge in [0, 0.05) is 6.42 Å². The van der Waals surface area contributed by atoms with Crippen LogP contribution in [-0.4, -0.2) is 6.61 Å². The van der Waals surface area contributed by atoms with E-state index in [4.69, 9.17) is 4.74 Å². The van der Waals surface area contributed by atoms with Crippen LogP contribution in [0.5, 0.6) is 0 Å². The van der Waals surface area contributed by atoms with E-state index in [1.165, 1.54) is 12.8 Å². The summed E-state index contributed by atoms with van der Waals surface area (Å²) in [5.74, 6) is 0.964. The molecule has 0 atom stereocenters. The highest BCUT2D eigenvalue weighted by Gasteiger charge is 2.00. The van der Waals surface area contributed by atoms with Crippen LogP contribution in [0.2, 0.25) is 0 Å². The van der Waals surface area contributed by atoms with E-state index in [0.29, 0.717) is 0 Å². The van der Waals surface area contributed by atoms with E-state index in [1.807, 2.05) is 0 Å². The summed E-state index contributed by atoms with van der Waals surface area (Å²) in [5, 5.41) is 0. The van der Waals surface area contributed by atoms with Crippen molar-refractivity contribution >= 4 is 0 Å². The first-order valence-corrected chi connectivity index (χ1v) is 2.70. The summed E-state index contributed by atoms with van der Waals surface area (Å²) in [6.45, 7) is 4.58. The molecule has 0 N–H and O–H groups in total. The fourth-order valence-corrected chi connectivity index (χ4v) is 0.713. The van der Waals surface area contributed by atoms with Gasteiger partial charge in [0.05, 0.1) is 12.4 Å². The molecular weight excluding hydrogens is 88.1 g/mol. The lowest BCUT2D eigenvalue weighted by molar-refractivity contribution is 0.168. The maximum atomic E-state index is 5.08. The zero-order chi connectivity index (χ0) is 5.11. The van der Waals surface area contributed by atoms with Gasteiger partial charge >= 0.3 is 0 Å². The Labute approximate surface area is 44.0 Å². The fourth-order valence-electron chi connectivity index (χ4n) is 0.713. The summed E-state index contributed by atoms with van der Waals surface area (Å²) < 4.78 is 5.08. The summed E-state index contributed by atoms with van der Waals surface area (Å²) in [7, 11) is 0. The smallest absolute Gasteiger partial charge is 0.0888 e. The van der Waals surface area contributed by atoms with Crippen LogP contribution in [0.25, 0.3) is 0 Å². The van der Waals surface area contributed by atoms with E-state index in [2.05, 4.69) is 6.58 Å². The van der Waals surface area contributed by atoms with E-state index in [9.17, 15) is 0 Å². The zero-order valence-corrected chi connectivity index (χ0v) is 4.44. The van der Waals surface area contributed by atoms with Crippen LogP contribution in [0.1, 0.15) is 19.3 Å². The van der Waals surface area contributed by atoms with Gasteiger partial charge in [-0.3, -0.25) is 0 Å². The van der Waals surface area contributed by atoms with Gasteiger partial charge in [0.2, 0.25) is 0 Å². The first kappa shape index (κ1) is 4.69. The predicted octanol–water partition coefficient (Wildman–Crippen LogP) is 1.70. The molecule has 0 amide bonds. The molecule has 0 unspecified atom stereocenters. The monoisotopic (exact) mass is 98.1 g/mol. The van der Waals surface area contributed by atoms with Crippen LogP contribution in [0, 0.1) is 0 Å². The standard InChI is InChI=1S/C6H10O/c1-6-4-2-3-5-7-6/h1-5H2. The van der Waals surface area contributed by atoms with Gasteiger partial charge in [-0.25, -0.2) is 0 Å². The lowest BCUT2D eigenvalue weighted by Crippen LogP contribution is -2.00. The minimum Gasteiger partial charge on any atom is -0.499 e. The molecule has 40 valence electrons. The van der Waals surface area contributed by atoms with Gasteiger partial charge in [-0.15, -0.1) is 0 Å². The Balaban J connectivity index is 2.25. The Morgan fingerprint density at radius 1 is 1.43 bits per heavy atom. The van der Waals surface area contributed by atoms with Crippen LogP contribution < -0.4 is 0 Å². The Hall–Kier alpha value is -0.460. The molecule has 1 saturated heterocycles. The normalized spacial score (nSPS) is 21.4. The van der Waals surface area contributed by atoms with E-state index >= 15 is 0 Å². The fraction of sp³-hybridized carbons (Fsp3) is 0.667. The van der Waals surface area contributed by atoms with Gasteiger partial charge in [0.1, 0.15) is 0 Å². The first-order chi connectivity index (χ1) is 3.39. The lowest BCUT2D eigenvalue weighted by Gasteiger charge is -2.13. The molecule has 0 bridgehead atoms. The molecule has 7 heavy (non-hydrogen) atoms. The van der Waals surface area contributed by atoms with Crippen molar-refractivity contribution in [3.8, 4) is 0 Å². The molecule has 1 rings (SSSR count).